The maximum absolute atomic E-state index is 4.11. The van der Waals surface area contributed by atoms with Crippen molar-refractivity contribution in [3.05, 3.63) is 48.5 Å². The molecular weight excluding hydrogens is 254 g/mol. The fourth-order valence-electron chi connectivity index (χ4n) is 1.52. The third kappa shape index (κ3) is 2.65. The van der Waals surface area contributed by atoms with Crippen LogP contribution in [0.4, 0.5) is 0 Å². The molecule has 1 aromatic heterocycles. The van der Waals surface area contributed by atoms with Crippen molar-refractivity contribution in [1.82, 2.24) is 14.8 Å². The minimum absolute atomic E-state index is 0.438. The van der Waals surface area contributed by atoms with Gasteiger partial charge in [0.1, 0.15) is 12.7 Å². The van der Waals surface area contributed by atoms with E-state index >= 15 is 0 Å². The lowest BCUT2D eigenvalue weighted by atomic mass is 10.0. The van der Waals surface area contributed by atoms with Crippen LogP contribution in [0.15, 0.2) is 43.0 Å². The Bertz CT molecular complexity index is 385. The number of benzene rings is 1. The zero-order valence-electron chi connectivity index (χ0n) is 8.25. The molecule has 0 saturated heterocycles. The van der Waals surface area contributed by atoms with Crippen LogP contribution in [0.1, 0.15) is 11.5 Å². The summed E-state index contributed by atoms with van der Waals surface area (Å²) in [5, 5.41) is 5.04. The van der Waals surface area contributed by atoms with Gasteiger partial charge in [-0.1, -0.05) is 46.3 Å². The lowest BCUT2D eigenvalue weighted by Gasteiger charge is -2.13. The van der Waals surface area contributed by atoms with Gasteiger partial charge in [0.25, 0.3) is 0 Å². The molecule has 1 heterocycles. The van der Waals surface area contributed by atoms with E-state index in [1.165, 1.54) is 5.56 Å². The average Bonchev–Trinajstić information content (AvgIpc) is 2.80. The molecule has 0 aliphatic carbocycles. The first kappa shape index (κ1) is 10.4. The molecule has 3 nitrogen and oxygen atoms in total. The van der Waals surface area contributed by atoms with Crippen LogP contribution >= 0.6 is 15.9 Å². The van der Waals surface area contributed by atoms with Gasteiger partial charge in [0.15, 0.2) is 0 Å². The predicted molar refractivity (Wildman–Crippen MR) is 63.0 cm³/mol. The van der Waals surface area contributed by atoms with Crippen molar-refractivity contribution in [2.45, 2.75) is 12.5 Å². The van der Waals surface area contributed by atoms with Gasteiger partial charge in [-0.3, -0.25) is 4.68 Å². The highest BCUT2D eigenvalue weighted by Gasteiger charge is 2.10. The molecule has 1 atom stereocenters. The molecule has 2 aromatic rings. The number of hydrogen-bond acceptors (Lipinski definition) is 2. The molecule has 78 valence electrons. The molecule has 1 unspecified atom stereocenters. The van der Waals surface area contributed by atoms with Crippen LogP contribution in [0.3, 0.4) is 0 Å². The second-order valence-corrected chi connectivity index (χ2v) is 4.03. The third-order valence-electron chi connectivity index (χ3n) is 2.33. The summed E-state index contributed by atoms with van der Waals surface area (Å²) in [6, 6.07) is 10.4. The topological polar surface area (TPSA) is 30.7 Å². The first-order valence-electron chi connectivity index (χ1n) is 4.83. The molecule has 2 rings (SSSR count). The zero-order chi connectivity index (χ0) is 10.5. The Morgan fingerprint density at radius 2 is 2.07 bits per heavy atom. The van der Waals surface area contributed by atoms with E-state index in [4.69, 9.17) is 0 Å². The summed E-state index contributed by atoms with van der Waals surface area (Å²) in [5.41, 5.74) is 1.32. The molecule has 0 spiro atoms. The molecule has 0 fully saturated rings. The molecule has 0 amide bonds. The highest BCUT2D eigenvalue weighted by Crippen LogP contribution is 2.19. The fourth-order valence-corrected chi connectivity index (χ4v) is 2.10. The van der Waals surface area contributed by atoms with Crippen molar-refractivity contribution < 1.29 is 0 Å². The van der Waals surface area contributed by atoms with Crippen molar-refractivity contribution >= 4 is 15.9 Å². The summed E-state index contributed by atoms with van der Waals surface area (Å²) in [6.45, 7) is 0.856. The summed E-state index contributed by atoms with van der Waals surface area (Å²) in [5.74, 6) is 0.438. The Balaban J connectivity index is 2.12. The van der Waals surface area contributed by atoms with Crippen LogP contribution in [-0.2, 0) is 6.54 Å². The number of hydrogen-bond donors (Lipinski definition) is 0. The SMILES string of the molecule is BrCC(Cn1cncn1)c1ccccc1. The summed E-state index contributed by atoms with van der Waals surface area (Å²) in [7, 11) is 0. The Labute approximate surface area is 97.3 Å². The van der Waals surface area contributed by atoms with Crippen LogP contribution in [-0.4, -0.2) is 20.1 Å². The number of nitrogens with zero attached hydrogens (tertiary/aromatic N) is 3. The van der Waals surface area contributed by atoms with E-state index in [0.29, 0.717) is 5.92 Å². The largest absolute Gasteiger partial charge is 0.252 e. The minimum atomic E-state index is 0.438. The first-order valence-corrected chi connectivity index (χ1v) is 5.95. The second kappa shape index (κ2) is 5.07. The molecule has 15 heavy (non-hydrogen) atoms. The van der Waals surface area contributed by atoms with E-state index in [1.807, 2.05) is 10.7 Å². The van der Waals surface area contributed by atoms with Gasteiger partial charge in [0.05, 0.1) is 6.54 Å². The van der Waals surface area contributed by atoms with Crippen LogP contribution in [0.5, 0.6) is 0 Å². The van der Waals surface area contributed by atoms with Crippen molar-refractivity contribution in [3.63, 3.8) is 0 Å². The predicted octanol–water partition coefficient (Wildman–Crippen LogP) is 2.46. The Morgan fingerprint density at radius 3 is 2.67 bits per heavy atom. The van der Waals surface area contributed by atoms with Gasteiger partial charge in [0.2, 0.25) is 0 Å². The van der Waals surface area contributed by atoms with Crippen molar-refractivity contribution in [2.75, 3.05) is 5.33 Å². The fraction of sp³-hybridized carbons (Fsp3) is 0.273. The van der Waals surface area contributed by atoms with E-state index in [9.17, 15) is 0 Å². The maximum atomic E-state index is 4.11. The standard InChI is InChI=1S/C11H12BrN3/c12-6-11(7-15-9-13-8-14-15)10-4-2-1-3-5-10/h1-5,8-9,11H,6-7H2. The Morgan fingerprint density at radius 1 is 1.27 bits per heavy atom. The molecule has 0 radical (unpaired) electrons. The van der Waals surface area contributed by atoms with E-state index in [2.05, 4.69) is 50.3 Å². The maximum Gasteiger partial charge on any atom is 0.137 e. The normalized spacial score (nSPS) is 12.6. The van der Waals surface area contributed by atoms with E-state index < -0.39 is 0 Å². The van der Waals surface area contributed by atoms with Gasteiger partial charge in [0, 0.05) is 11.2 Å². The molecule has 0 N–H and O–H groups in total. The lowest BCUT2D eigenvalue weighted by molar-refractivity contribution is 0.548. The number of alkyl halides is 1. The zero-order valence-corrected chi connectivity index (χ0v) is 9.84. The van der Waals surface area contributed by atoms with Crippen LogP contribution < -0.4 is 0 Å². The minimum Gasteiger partial charge on any atom is -0.252 e. The Hall–Kier alpha value is -1.16. The van der Waals surface area contributed by atoms with Gasteiger partial charge in [-0.2, -0.15) is 5.10 Å². The number of halogens is 1. The van der Waals surface area contributed by atoms with E-state index in [-0.39, 0.29) is 0 Å². The van der Waals surface area contributed by atoms with Gasteiger partial charge >= 0.3 is 0 Å². The summed E-state index contributed by atoms with van der Waals surface area (Å²) >= 11 is 3.54. The van der Waals surface area contributed by atoms with Crippen LogP contribution in [0.25, 0.3) is 0 Å². The van der Waals surface area contributed by atoms with Gasteiger partial charge in [-0.15, -0.1) is 0 Å². The monoisotopic (exact) mass is 265 g/mol. The van der Waals surface area contributed by atoms with E-state index in [0.717, 1.165) is 11.9 Å². The third-order valence-corrected chi connectivity index (χ3v) is 3.11. The molecule has 0 bridgehead atoms. The van der Waals surface area contributed by atoms with Crippen LogP contribution in [0.2, 0.25) is 0 Å². The van der Waals surface area contributed by atoms with Crippen LogP contribution in [0, 0.1) is 0 Å². The summed E-state index contributed by atoms with van der Waals surface area (Å²) in [6.07, 6.45) is 3.31. The van der Waals surface area contributed by atoms with Crippen molar-refractivity contribution in [1.29, 1.82) is 0 Å². The molecule has 0 saturated carbocycles. The summed E-state index contributed by atoms with van der Waals surface area (Å²) in [4.78, 5) is 3.94. The smallest absolute Gasteiger partial charge is 0.137 e. The molecule has 1 aromatic carbocycles. The number of aromatic nitrogens is 3. The van der Waals surface area contributed by atoms with Crippen molar-refractivity contribution in [2.24, 2.45) is 0 Å². The molecular formula is C11H12BrN3. The quantitative estimate of drug-likeness (QED) is 0.796. The molecule has 0 aliphatic heterocycles. The highest BCUT2D eigenvalue weighted by atomic mass is 79.9. The average molecular weight is 266 g/mol. The van der Waals surface area contributed by atoms with Gasteiger partial charge < -0.3 is 0 Å². The van der Waals surface area contributed by atoms with Gasteiger partial charge in [-0.05, 0) is 5.56 Å². The summed E-state index contributed by atoms with van der Waals surface area (Å²) < 4.78 is 1.86. The van der Waals surface area contributed by atoms with E-state index in [1.54, 1.807) is 12.7 Å². The van der Waals surface area contributed by atoms with Crippen molar-refractivity contribution in [3.8, 4) is 0 Å². The second-order valence-electron chi connectivity index (χ2n) is 3.38. The molecule has 0 aliphatic rings. The molecule has 4 heteroatoms. The Kier molecular flexibility index (Phi) is 3.50. The van der Waals surface area contributed by atoms with Gasteiger partial charge in [-0.25, -0.2) is 4.98 Å². The lowest BCUT2D eigenvalue weighted by Crippen LogP contribution is -2.10. The first-order chi connectivity index (χ1) is 7.40. The highest BCUT2D eigenvalue weighted by molar-refractivity contribution is 9.09. The number of rotatable bonds is 4.